The molecule has 2 rings (SSSR count). The zero-order chi connectivity index (χ0) is 10.8. The van der Waals surface area contributed by atoms with Gasteiger partial charge in [0.15, 0.2) is 0 Å². The highest BCUT2D eigenvalue weighted by Crippen LogP contribution is 2.32. The zero-order valence-electron chi connectivity index (χ0n) is 8.59. The standard InChI is InChI=1S/C10H14BrClN2S/c1-7-5-13-2-3-14(7)6-8-4-9(11)10(12)15-8/h4,7,13H,2-3,5-6H2,1H3/t7-/m0/s1. The topological polar surface area (TPSA) is 15.3 Å². The number of hydrogen-bond donors (Lipinski definition) is 1. The fraction of sp³-hybridized carbons (Fsp3) is 0.600. The van der Waals surface area contributed by atoms with E-state index in [1.54, 1.807) is 11.3 Å². The average molecular weight is 310 g/mol. The van der Waals surface area contributed by atoms with Crippen molar-refractivity contribution in [3.8, 4) is 0 Å². The molecule has 0 saturated carbocycles. The van der Waals surface area contributed by atoms with Gasteiger partial charge in [0.25, 0.3) is 0 Å². The van der Waals surface area contributed by atoms with Gasteiger partial charge in [0, 0.05) is 41.6 Å². The first-order chi connectivity index (χ1) is 7.16. The molecule has 0 aromatic carbocycles. The van der Waals surface area contributed by atoms with Crippen LogP contribution in [0.25, 0.3) is 0 Å². The number of thiophene rings is 1. The number of halogens is 2. The number of nitrogens with zero attached hydrogens (tertiary/aromatic N) is 1. The minimum absolute atomic E-state index is 0.610. The van der Waals surface area contributed by atoms with Crippen LogP contribution in [0.5, 0.6) is 0 Å². The maximum absolute atomic E-state index is 6.02. The fourth-order valence-corrected chi connectivity index (χ4v) is 3.60. The smallest absolute Gasteiger partial charge is 0.107 e. The molecule has 0 aliphatic carbocycles. The second-order valence-electron chi connectivity index (χ2n) is 3.86. The Hall–Kier alpha value is 0.390. The van der Waals surface area contributed by atoms with Crippen LogP contribution in [0.2, 0.25) is 4.34 Å². The summed E-state index contributed by atoms with van der Waals surface area (Å²) in [7, 11) is 0. The van der Waals surface area contributed by atoms with Gasteiger partial charge in [-0.2, -0.15) is 0 Å². The zero-order valence-corrected chi connectivity index (χ0v) is 11.8. The quantitative estimate of drug-likeness (QED) is 0.903. The Morgan fingerprint density at radius 1 is 1.73 bits per heavy atom. The Labute approximate surface area is 108 Å². The number of nitrogens with one attached hydrogen (secondary N) is 1. The van der Waals surface area contributed by atoms with Crippen LogP contribution in [0.1, 0.15) is 11.8 Å². The summed E-state index contributed by atoms with van der Waals surface area (Å²) < 4.78 is 1.87. The van der Waals surface area contributed by atoms with Crippen LogP contribution in [0.15, 0.2) is 10.5 Å². The van der Waals surface area contributed by atoms with Crippen molar-refractivity contribution in [3.63, 3.8) is 0 Å². The Balaban J connectivity index is 2.01. The molecule has 1 aliphatic rings. The molecular weight excluding hydrogens is 296 g/mol. The molecule has 1 aromatic heterocycles. The van der Waals surface area contributed by atoms with E-state index in [1.165, 1.54) is 4.88 Å². The predicted molar refractivity (Wildman–Crippen MR) is 69.8 cm³/mol. The lowest BCUT2D eigenvalue weighted by atomic mass is 10.2. The molecule has 1 saturated heterocycles. The fourth-order valence-electron chi connectivity index (χ4n) is 1.79. The van der Waals surface area contributed by atoms with Gasteiger partial charge in [0.1, 0.15) is 4.34 Å². The molecular formula is C10H14BrClN2S. The SMILES string of the molecule is C[C@H]1CNCCN1Cc1cc(Br)c(Cl)s1. The van der Waals surface area contributed by atoms with Gasteiger partial charge in [0.05, 0.1) is 0 Å². The molecule has 0 bridgehead atoms. The first-order valence-electron chi connectivity index (χ1n) is 5.05. The molecule has 1 fully saturated rings. The molecule has 84 valence electrons. The third-order valence-corrected chi connectivity index (χ3v) is 5.15. The summed E-state index contributed by atoms with van der Waals surface area (Å²) in [5.41, 5.74) is 0. The highest BCUT2D eigenvalue weighted by atomic mass is 79.9. The van der Waals surface area contributed by atoms with E-state index in [0.717, 1.165) is 35.0 Å². The van der Waals surface area contributed by atoms with Crippen LogP contribution in [0, 0.1) is 0 Å². The summed E-state index contributed by atoms with van der Waals surface area (Å²) in [6.07, 6.45) is 0. The molecule has 1 atom stereocenters. The van der Waals surface area contributed by atoms with Crippen LogP contribution in [-0.2, 0) is 6.54 Å². The van der Waals surface area contributed by atoms with E-state index >= 15 is 0 Å². The molecule has 0 radical (unpaired) electrons. The third kappa shape index (κ3) is 2.94. The summed E-state index contributed by atoms with van der Waals surface area (Å²) >= 11 is 11.1. The van der Waals surface area contributed by atoms with Crippen molar-refractivity contribution in [1.29, 1.82) is 0 Å². The average Bonchev–Trinajstić information content (AvgIpc) is 2.50. The van der Waals surface area contributed by atoms with Crippen molar-refractivity contribution in [1.82, 2.24) is 10.2 Å². The van der Waals surface area contributed by atoms with Gasteiger partial charge < -0.3 is 5.32 Å². The van der Waals surface area contributed by atoms with Gasteiger partial charge in [-0.1, -0.05) is 11.6 Å². The van der Waals surface area contributed by atoms with E-state index in [9.17, 15) is 0 Å². The van der Waals surface area contributed by atoms with Crippen molar-refractivity contribution in [2.24, 2.45) is 0 Å². The van der Waals surface area contributed by atoms with Crippen LogP contribution in [0.3, 0.4) is 0 Å². The molecule has 15 heavy (non-hydrogen) atoms. The lowest BCUT2D eigenvalue weighted by Gasteiger charge is -2.33. The molecule has 2 nitrogen and oxygen atoms in total. The first-order valence-corrected chi connectivity index (χ1v) is 7.04. The summed E-state index contributed by atoms with van der Waals surface area (Å²) in [5, 5.41) is 3.39. The van der Waals surface area contributed by atoms with Crippen molar-refractivity contribution in [3.05, 3.63) is 19.8 Å². The van der Waals surface area contributed by atoms with Gasteiger partial charge in [0.2, 0.25) is 0 Å². The molecule has 2 heterocycles. The number of piperazine rings is 1. The van der Waals surface area contributed by atoms with E-state index in [-0.39, 0.29) is 0 Å². The molecule has 1 N–H and O–H groups in total. The number of hydrogen-bond acceptors (Lipinski definition) is 3. The van der Waals surface area contributed by atoms with E-state index in [0.29, 0.717) is 6.04 Å². The van der Waals surface area contributed by atoms with Crippen molar-refractivity contribution in [2.75, 3.05) is 19.6 Å². The van der Waals surface area contributed by atoms with Gasteiger partial charge in [-0.15, -0.1) is 11.3 Å². The summed E-state index contributed by atoms with van der Waals surface area (Å²) in [5.74, 6) is 0. The van der Waals surface area contributed by atoms with Gasteiger partial charge >= 0.3 is 0 Å². The molecule has 1 aromatic rings. The Kier molecular flexibility index (Phi) is 4.07. The largest absolute Gasteiger partial charge is 0.314 e. The predicted octanol–water partition coefficient (Wildman–Crippen LogP) is 2.96. The molecule has 1 aliphatic heterocycles. The molecule has 0 unspecified atom stereocenters. The van der Waals surface area contributed by atoms with E-state index in [4.69, 9.17) is 11.6 Å². The highest BCUT2D eigenvalue weighted by Gasteiger charge is 2.18. The van der Waals surface area contributed by atoms with E-state index in [2.05, 4.69) is 39.1 Å². The lowest BCUT2D eigenvalue weighted by molar-refractivity contribution is 0.167. The summed E-state index contributed by atoms with van der Waals surface area (Å²) in [6, 6.07) is 2.74. The Bertz CT molecular complexity index is 323. The second kappa shape index (κ2) is 5.15. The highest BCUT2D eigenvalue weighted by molar-refractivity contribution is 9.10. The monoisotopic (exact) mass is 308 g/mol. The minimum atomic E-state index is 0.610. The summed E-state index contributed by atoms with van der Waals surface area (Å²) in [4.78, 5) is 3.83. The lowest BCUT2D eigenvalue weighted by Crippen LogP contribution is -2.49. The van der Waals surface area contributed by atoms with Gasteiger partial charge in [-0.3, -0.25) is 4.90 Å². The first kappa shape index (κ1) is 11.9. The van der Waals surface area contributed by atoms with E-state index < -0.39 is 0 Å². The van der Waals surface area contributed by atoms with Crippen molar-refractivity contribution in [2.45, 2.75) is 19.5 Å². The van der Waals surface area contributed by atoms with Crippen molar-refractivity contribution < 1.29 is 0 Å². The Morgan fingerprint density at radius 3 is 3.13 bits per heavy atom. The maximum atomic E-state index is 6.02. The van der Waals surface area contributed by atoms with E-state index in [1.807, 2.05) is 0 Å². The van der Waals surface area contributed by atoms with Crippen molar-refractivity contribution >= 4 is 38.9 Å². The third-order valence-electron chi connectivity index (χ3n) is 2.69. The van der Waals surface area contributed by atoms with Crippen LogP contribution in [-0.4, -0.2) is 30.6 Å². The van der Waals surface area contributed by atoms with Gasteiger partial charge in [-0.05, 0) is 28.9 Å². The summed E-state index contributed by atoms with van der Waals surface area (Å²) in [6.45, 7) is 6.56. The van der Waals surface area contributed by atoms with Crippen LogP contribution in [0.4, 0.5) is 0 Å². The molecule has 0 spiro atoms. The van der Waals surface area contributed by atoms with Crippen LogP contribution < -0.4 is 5.32 Å². The normalized spacial score (nSPS) is 23.3. The molecule has 0 amide bonds. The van der Waals surface area contributed by atoms with Gasteiger partial charge in [-0.25, -0.2) is 0 Å². The Morgan fingerprint density at radius 2 is 2.53 bits per heavy atom. The maximum Gasteiger partial charge on any atom is 0.107 e. The molecule has 5 heteroatoms. The number of rotatable bonds is 2. The minimum Gasteiger partial charge on any atom is -0.314 e. The van der Waals surface area contributed by atoms with Crippen LogP contribution >= 0.6 is 38.9 Å². The second-order valence-corrected chi connectivity index (χ2v) is 6.45.